The number of ether oxygens (including phenoxy) is 1. The predicted octanol–water partition coefficient (Wildman–Crippen LogP) is 3.03. The van der Waals surface area contributed by atoms with Gasteiger partial charge in [-0.1, -0.05) is 48.5 Å². The zero-order valence-electron chi connectivity index (χ0n) is 12.5. The number of benzene rings is 2. The average molecular weight is 296 g/mol. The molecule has 0 saturated heterocycles. The Hall–Kier alpha value is -2.75. The van der Waals surface area contributed by atoms with E-state index in [0.29, 0.717) is 28.9 Å². The summed E-state index contributed by atoms with van der Waals surface area (Å²) in [4.78, 5) is 34.0. The van der Waals surface area contributed by atoms with Crippen LogP contribution in [0.5, 0.6) is 0 Å². The van der Waals surface area contributed by atoms with Crippen LogP contribution in [0.2, 0.25) is 0 Å². The lowest BCUT2D eigenvalue weighted by Gasteiger charge is -2.16. The smallest absolute Gasteiger partial charge is 0.302 e. The highest BCUT2D eigenvalue weighted by molar-refractivity contribution is 6.28. The Morgan fingerprint density at radius 1 is 0.818 bits per heavy atom. The number of hydrogen-bond acceptors (Lipinski definition) is 4. The van der Waals surface area contributed by atoms with Crippen LogP contribution in [0.15, 0.2) is 48.5 Å². The molecule has 4 heteroatoms. The van der Waals surface area contributed by atoms with Crippen molar-refractivity contribution in [3.63, 3.8) is 0 Å². The second-order valence-corrected chi connectivity index (χ2v) is 4.67. The standard InChI is InChI=1S/C14H8O2.C4H8O2/c15-13-9-5-1-2-6-10(9)14(16)12-8-4-3-7-11(12)13;1-3-6-4(2)5/h1-8H;3H2,1-2H3. The second kappa shape index (κ2) is 6.80. The van der Waals surface area contributed by atoms with Crippen molar-refractivity contribution in [2.24, 2.45) is 0 Å². The lowest BCUT2D eigenvalue weighted by Crippen LogP contribution is -2.20. The molecular weight excluding hydrogens is 280 g/mol. The molecule has 0 unspecified atom stereocenters. The minimum absolute atomic E-state index is 0.0641. The molecule has 112 valence electrons. The molecule has 0 radical (unpaired) electrons. The Morgan fingerprint density at radius 3 is 1.32 bits per heavy atom. The molecule has 0 aliphatic heterocycles. The Morgan fingerprint density at radius 2 is 1.14 bits per heavy atom. The number of carbonyl (C=O) groups is 3. The molecule has 2 aromatic rings. The summed E-state index contributed by atoms with van der Waals surface area (Å²) in [7, 11) is 0. The molecule has 0 bridgehead atoms. The minimum Gasteiger partial charge on any atom is -0.466 e. The Bertz CT molecular complexity index is 626. The normalized spacial score (nSPS) is 11.7. The van der Waals surface area contributed by atoms with Gasteiger partial charge in [0, 0.05) is 29.2 Å². The highest BCUT2D eigenvalue weighted by Crippen LogP contribution is 2.26. The number of rotatable bonds is 1. The second-order valence-electron chi connectivity index (χ2n) is 4.67. The van der Waals surface area contributed by atoms with Gasteiger partial charge in [-0.3, -0.25) is 14.4 Å². The van der Waals surface area contributed by atoms with Crippen LogP contribution in [-0.2, 0) is 9.53 Å². The summed E-state index contributed by atoms with van der Waals surface area (Å²) in [5.41, 5.74) is 2.02. The van der Waals surface area contributed by atoms with E-state index in [9.17, 15) is 14.4 Å². The molecule has 0 saturated carbocycles. The van der Waals surface area contributed by atoms with Crippen molar-refractivity contribution in [3.8, 4) is 0 Å². The summed E-state index contributed by atoms with van der Waals surface area (Å²) >= 11 is 0. The molecule has 0 N–H and O–H groups in total. The fraction of sp³-hybridized carbons (Fsp3) is 0.167. The van der Waals surface area contributed by atoms with Gasteiger partial charge in [0.1, 0.15) is 0 Å². The van der Waals surface area contributed by atoms with Crippen LogP contribution >= 0.6 is 0 Å². The van der Waals surface area contributed by atoms with Crippen LogP contribution in [-0.4, -0.2) is 24.1 Å². The Labute approximate surface area is 128 Å². The van der Waals surface area contributed by atoms with Gasteiger partial charge in [-0.25, -0.2) is 0 Å². The summed E-state index contributed by atoms with van der Waals surface area (Å²) in [6.07, 6.45) is 0. The lowest BCUT2D eigenvalue weighted by atomic mass is 9.84. The first-order valence-electron chi connectivity index (χ1n) is 6.97. The van der Waals surface area contributed by atoms with Crippen molar-refractivity contribution >= 4 is 17.5 Å². The van der Waals surface area contributed by atoms with E-state index in [0.717, 1.165) is 0 Å². The van der Waals surface area contributed by atoms with E-state index in [2.05, 4.69) is 4.74 Å². The quantitative estimate of drug-likeness (QED) is 0.648. The van der Waals surface area contributed by atoms with Crippen LogP contribution in [0.3, 0.4) is 0 Å². The first kappa shape index (κ1) is 15.6. The number of fused-ring (bicyclic) bond motifs is 2. The Kier molecular flexibility index (Phi) is 4.84. The summed E-state index contributed by atoms with van der Waals surface area (Å²) < 4.78 is 4.40. The highest BCUT2D eigenvalue weighted by atomic mass is 16.5. The maximum absolute atomic E-state index is 12.1. The molecule has 0 amide bonds. The van der Waals surface area contributed by atoms with Crippen molar-refractivity contribution in [1.82, 2.24) is 0 Å². The van der Waals surface area contributed by atoms with E-state index < -0.39 is 0 Å². The summed E-state index contributed by atoms with van der Waals surface area (Å²) in [6.45, 7) is 3.65. The van der Waals surface area contributed by atoms with Gasteiger partial charge in [-0.05, 0) is 6.92 Å². The van der Waals surface area contributed by atoms with E-state index in [1.54, 1.807) is 55.5 Å². The largest absolute Gasteiger partial charge is 0.466 e. The first-order valence-corrected chi connectivity index (χ1v) is 6.97. The molecule has 2 aromatic carbocycles. The van der Waals surface area contributed by atoms with Gasteiger partial charge in [0.15, 0.2) is 11.6 Å². The molecule has 0 heterocycles. The van der Waals surface area contributed by atoms with Crippen molar-refractivity contribution in [1.29, 1.82) is 0 Å². The van der Waals surface area contributed by atoms with E-state index in [1.807, 2.05) is 0 Å². The van der Waals surface area contributed by atoms with Crippen LogP contribution in [0.4, 0.5) is 0 Å². The molecular formula is C18H16O4. The fourth-order valence-corrected chi connectivity index (χ4v) is 2.25. The number of hydrogen-bond donors (Lipinski definition) is 0. The van der Waals surface area contributed by atoms with Gasteiger partial charge < -0.3 is 4.74 Å². The monoisotopic (exact) mass is 296 g/mol. The molecule has 0 fully saturated rings. The summed E-state index contributed by atoms with van der Waals surface area (Å²) in [5, 5.41) is 0. The SMILES string of the molecule is CCOC(C)=O.O=C1c2ccccc2C(=O)c2ccccc21. The van der Waals surface area contributed by atoms with Crippen LogP contribution in [0.25, 0.3) is 0 Å². The lowest BCUT2D eigenvalue weighted by molar-refractivity contribution is -0.140. The minimum atomic E-state index is -0.211. The van der Waals surface area contributed by atoms with Gasteiger partial charge in [-0.15, -0.1) is 0 Å². The van der Waals surface area contributed by atoms with Crippen LogP contribution in [0.1, 0.15) is 45.7 Å². The fourth-order valence-electron chi connectivity index (χ4n) is 2.25. The summed E-state index contributed by atoms with van der Waals surface area (Å²) in [5.74, 6) is -0.339. The number of ketones is 2. The van der Waals surface area contributed by atoms with Gasteiger partial charge in [0.2, 0.25) is 0 Å². The van der Waals surface area contributed by atoms with Crippen LogP contribution < -0.4 is 0 Å². The number of carbonyl (C=O) groups excluding carboxylic acids is 3. The van der Waals surface area contributed by atoms with Gasteiger partial charge in [-0.2, -0.15) is 0 Å². The van der Waals surface area contributed by atoms with Crippen molar-refractivity contribution in [3.05, 3.63) is 70.8 Å². The van der Waals surface area contributed by atoms with Crippen molar-refractivity contribution < 1.29 is 19.1 Å². The molecule has 4 nitrogen and oxygen atoms in total. The van der Waals surface area contributed by atoms with E-state index in [1.165, 1.54) is 6.92 Å². The third-order valence-electron chi connectivity index (χ3n) is 3.18. The van der Waals surface area contributed by atoms with Gasteiger partial charge in [0.05, 0.1) is 6.61 Å². The molecule has 0 aromatic heterocycles. The third kappa shape index (κ3) is 3.11. The predicted molar refractivity (Wildman–Crippen MR) is 82.1 cm³/mol. The van der Waals surface area contributed by atoms with Crippen LogP contribution in [0, 0.1) is 0 Å². The topological polar surface area (TPSA) is 60.4 Å². The average Bonchev–Trinajstić information content (AvgIpc) is 2.53. The first-order chi connectivity index (χ1) is 10.6. The summed E-state index contributed by atoms with van der Waals surface area (Å²) in [6, 6.07) is 13.9. The third-order valence-corrected chi connectivity index (χ3v) is 3.18. The zero-order valence-corrected chi connectivity index (χ0v) is 12.5. The zero-order chi connectivity index (χ0) is 16.1. The molecule has 0 spiro atoms. The van der Waals surface area contributed by atoms with Crippen molar-refractivity contribution in [2.45, 2.75) is 13.8 Å². The molecule has 1 aliphatic rings. The molecule has 1 aliphatic carbocycles. The maximum atomic E-state index is 12.1. The highest BCUT2D eigenvalue weighted by Gasteiger charge is 2.28. The molecule has 0 atom stereocenters. The number of esters is 1. The Balaban J connectivity index is 0.000000254. The van der Waals surface area contributed by atoms with E-state index >= 15 is 0 Å². The van der Waals surface area contributed by atoms with E-state index in [-0.39, 0.29) is 17.5 Å². The molecule has 3 rings (SSSR count). The maximum Gasteiger partial charge on any atom is 0.302 e. The van der Waals surface area contributed by atoms with E-state index in [4.69, 9.17) is 0 Å². The van der Waals surface area contributed by atoms with Gasteiger partial charge >= 0.3 is 5.97 Å². The van der Waals surface area contributed by atoms with Crippen molar-refractivity contribution in [2.75, 3.05) is 6.61 Å². The molecule has 22 heavy (non-hydrogen) atoms. The van der Waals surface area contributed by atoms with Gasteiger partial charge in [0.25, 0.3) is 0 Å².